The number of nitrogens with one attached hydrogen (secondary N) is 1. The zero-order valence-corrected chi connectivity index (χ0v) is 20.6. The van der Waals surface area contributed by atoms with E-state index in [4.69, 9.17) is 9.47 Å². The predicted molar refractivity (Wildman–Crippen MR) is 139 cm³/mol. The lowest BCUT2D eigenvalue weighted by molar-refractivity contribution is -0.127. The maximum Gasteiger partial charge on any atom is 0.264 e. The normalized spacial score (nSPS) is 15.1. The van der Waals surface area contributed by atoms with Crippen LogP contribution in [0.4, 0.5) is 5.69 Å². The molecule has 5 rings (SSSR count). The van der Waals surface area contributed by atoms with Crippen LogP contribution in [-0.2, 0) is 14.8 Å². The number of carbonyl (C=O) groups is 1. The molecule has 4 aromatic carbocycles. The third-order valence-corrected chi connectivity index (χ3v) is 7.81. The third kappa shape index (κ3) is 4.72. The summed E-state index contributed by atoms with van der Waals surface area (Å²) < 4.78 is 40.0. The second-order valence-electron chi connectivity index (χ2n) is 8.54. The summed E-state index contributed by atoms with van der Waals surface area (Å²) >= 11 is 0. The molecule has 0 unspecified atom stereocenters. The Balaban J connectivity index is 1.29. The number of nitrogens with zero attached hydrogens (tertiary/aromatic N) is 1. The average molecular weight is 503 g/mol. The van der Waals surface area contributed by atoms with Crippen molar-refractivity contribution in [1.82, 2.24) is 5.32 Å². The SMILES string of the molecule is Cc1ccc2c(c1)O[C@@H](C(=O)NCCOc1cccc3ccccc13)CN2S(=O)(=O)c1ccccc1. The number of amides is 1. The summed E-state index contributed by atoms with van der Waals surface area (Å²) in [6.07, 6.45) is -1.00. The van der Waals surface area contributed by atoms with E-state index in [9.17, 15) is 13.2 Å². The average Bonchev–Trinajstić information content (AvgIpc) is 2.90. The molecule has 1 aliphatic rings. The molecular weight excluding hydrogens is 476 g/mol. The molecule has 0 spiro atoms. The van der Waals surface area contributed by atoms with E-state index < -0.39 is 22.0 Å². The van der Waals surface area contributed by atoms with Crippen LogP contribution in [-0.4, -0.2) is 40.1 Å². The van der Waals surface area contributed by atoms with Gasteiger partial charge < -0.3 is 14.8 Å². The van der Waals surface area contributed by atoms with E-state index >= 15 is 0 Å². The van der Waals surface area contributed by atoms with Crippen LogP contribution in [0.15, 0.2) is 95.9 Å². The number of hydrogen-bond donors (Lipinski definition) is 1. The monoisotopic (exact) mass is 502 g/mol. The highest BCUT2D eigenvalue weighted by molar-refractivity contribution is 7.92. The Morgan fingerprint density at radius 2 is 1.75 bits per heavy atom. The molecule has 1 aliphatic heterocycles. The van der Waals surface area contributed by atoms with Gasteiger partial charge in [-0.2, -0.15) is 0 Å². The smallest absolute Gasteiger partial charge is 0.264 e. The van der Waals surface area contributed by atoms with E-state index in [-0.39, 0.29) is 24.6 Å². The molecule has 1 N–H and O–H groups in total. The van der Waals surface area contributed by atoms with E-state index in [1.54, 1.807) is 42.5 Å². The van der Waals surface area contributed by atoms with Crippen LogP contribution in [0, 0.1) is 6.92 Å². The molecule has 4 aromatic rings. The van der Waals surface area contributed by atoms with Gasteiger partial charge in [-0.25, -0.2) is 8.42 Å². The minimum atomic E-state index is -3.89. The van der Waals surface area contributed by atoms with Gasteiger partial charge in [-0.15, -0.1) is 0 Å². The molecule has 184 valence electrons. The molecule has 8 heteroatoms. The van der Waals surface area contributed by atoms with Gasteiger partial charge in [0.05, 0.1) is 23.7 Å². The lowest BCUT2D eigenvalue weighted by atomic mass is 10.1. The van der Waals surface area contributed by atoms with E-state index in [1.807, 2.05) is 55.5 Å². The molecule has 1 amide bonds. The maximum absolute atomic E-state index is 13.4. The fourth-order valence-electron chi connectivity index (χ4n) is 4.22. The van der Waals surface area contributed by atoms with Crippen LogP contribution >= 0.6 is 0 Å². The summed E-state index contributed by atoms with van der Waals surface area (Å²) in [6, 6.07) is 27.2. The second kappa shape index (κ2) is 9.91. The summed E-state index contributed by atoms with van der Waals surface area (Å²) in [6.45, 7) is 2.25. The minimum absolute atomic E-state index is 0.136. The number of carbonyl (C=O) groups excluding carboxylic acids is 1. The van der Waals surface area contributed by atoms with Gasteiger partial charge in [0.1, 0.15) is 18.1 Å². The molecular formula is C28H26N2O5S. The zero-order valence-electron chi connectivity index (χ0n) is 19.8. The van der Waals surface area contributed by atoms with E-state index in [2.05, 4.69) is 5.32 Å². The molecule has 0 aromatic heterocycles. The predicted octanol–water partition coefficient (Wildman–Crippen LogP) is 4.30. The first-order chi connectivity index (χ1) is 17.4. The molecule has 1 atom stereocenters. The van der Waals surface area contributed by atoms with Crippen molar-refractivity contribution in [3.8, 4) is 11.5 Å². The Morgan fingerprint density at radius 1 is 1.00 bits per heavy atom. The van der Waals surface area contributed by atoms with Crippen molar-refractivity contribution in [2.24, 2.45) is 0 Å². The number of rotatable bonds is 7. The van der Waals surface area contributed by atoms with Gasteiger partial charge in [0.2, 0.25) is 0 Å². The van der Waals surface area contributed by atoms with Crippen LogP contribution in [0.3, 0.4) is 0 Å². The molecule has 7 nitrogen and oxygen atoms in total. The van der Waals surface area contributed by atoms with Crippen molar-refractivity contribution in [2.45, 2.75) is 17.9 Å². The van der Waals surface area contributed by atoms with Gasteiger partial charge >= 0.3 is 0 Å². The zero-order chi connectivity index (χ0) is 25.1. The van der Waals surface area contributed by atoms with Crippen LogP contribution in [0.25, 0.3) is 10.8 Å². The molecule has 0 fully saturated rings. The fraction of sp³-hybridized carbons (Fsp3) is 0.179. The Kier molecular flexibility index (Phi) is 6.52. The molecule has 1 heterocycles. The van der Waals surface area contributed by atoms with E-state index in [0.29, 0.717) is 11.4 Å². The van der Waals surface area contributed by atoms with Gasteiger partial charge in [-0.3, -0.25) is 9.10 Å². The summed E-state index contributed by atoms with van der Waals surface area (Å²) in [5.74, 6) is 0.686. The van der Waals surface area contributed by atoms with Gasteiger partial charge in [0, 0.05) is 5.39 Å². The van der Waals surface area contributed by atoms with Crippen LogP contribution < -0.4 is 19.1 Å². The Hall–Kier alpha value is -4.04. The number of anilines is 1. The first-order valence-electron chi connectivity index (χ1n) is 11.7. The fourth-order valence-corrected chi connectivity index (χ4v) is 5.71. The number of hydrogen-bond acceptors (Lipinski definition) is 5. The third-order valence-electron chi connectivity index (χ3n) is 6.02. The number of fused-ring (bicyclic) bond motifs is 2. The highest BCUT2D eigenvalue weighted by Gasteiger charge is 2.37. The number of benzene rings is 4. The van der Waals surface area contributed by atoms with E-state index in [1.165, 1.54) is 4.31 Å². The van der Waals surface area contributed by atoms with Crippen LogP contribution in [0.1, 0.15) is 5.56 Å². The minimum Gasteiger partial charge on any atom is -0.491 e. The highest BCUT2D eigenvalue weighted by atomic mass is 32.2. The quantitative estimate of drug-likeness (QED) is 0.381. The molecule has 0 aliphatic carbocycles. The van der Waals surface area contributed by atoms with Gasteiger partial charge in [-0.1, -0.05) is 60.7 Å². The lowest BCUT2D eigenvalue weighted by Crippen LogP contribution is -2.51. The molecule has 36 heavy (non-hydrogen) atoms. The molecule has 0 radical (unpaired) electrons. The van der Waals surface area contributed by atoms with E-state index in [0.717, 1.165) is 22.1 Å². The van der Waals surface area contributed by atoms with Crippen molar-refractivity contribution in [3.05, 3.63) is 96.6 Å². The summed E-state index contributed by atoms with van der Waals surface area (Å²) in [7, 11) is -3.89. The highest BCUT2D eigenvalue weighted by Crippen LogP contribution is 2.37. The van der Waals surface area contributed by atoms with Crippen LogP contribution in [0.5, 0.6) is 11.5 Å². The molecule has 0 saturated heterocycles. The molecule has 0 saturated carbocycles. The van der Waals surface area contributed by atoms with Crippen molar-refractivity contribution in [1.29, 1.82) is 0 Å². The first-order valence-corrected chi connectivity index (χ1v) is 13.1. The largest absolute Gasteiger partial charge is 0.491 e. The summed E-state index contributed by atoms with van der Waals surface area (Å²) in [5, 5.41) is 4.89. The molecule has 0 bridgehead atoms. The van der Waals surface area contributed by atoms with Crippen molar-refractivity contribution < 1.29 is 22.7 Å². The maximum atomic E-state index is 13.4. The van der Waals surface area contributed by atoms with Crippen molar-refractivity contribution >= 4 is 32.4 Å². The standard InChI is InChI=1S/C28H26N2O5S/c1-20-14-15-24-26(18-20)35-27(19-30(24)36(32,33)22-10-3-2-4-11-22)28(31)29-16-17-34-25-13-7-9-21-8-5-6-12-23(21)25/h2-15,18,27H,16-17,19H2,1H3,(H,29,31)/t27-/m1/s1. The lowest BCUT2D eigenvalue weighted by Gasteiger charge is -2.35. The Morgan fingerprint density at radius 3 is 2.58 bits per heavy atom. The summed E-state index contributed by atoms with van der Waals surface area (Å²) in [5.41, 5.74) is 1.31. The van der Waals surface area contributed by atoms with Crippen LogP contribution in [0.2, 0.25) is 0 Å². The Labute approximate surface area is 210 Å². The van der Waals surface area contributed by atoms with Gasteiger partial charge in [-0.05, 0) is 48.2 Å². The second-order valence-corrected chi connectivity index (χ2v) is 10.4. The van der Waals surface area contributed by atoms with Crippen molar-refractivity contribution in [2.75, 3.05) is 24.0 Å². The summed E-state index contributed by atoms with van der Waals surface area (Å²) in [4.78, 5) is 13.2. The van der Waals surface area contributed by atoms with Gasteiger partial charge in [0.25, 0.3) is 15.9 Å². The topological polar surface area (TPSA) is 84.9 Å². The first kappa shape index (κ1) is 23.7. The number of aryl methyl sites for hydroxylation is 1. The van der Waals surface area contributed by atoms with Gasteiger partial charge in [0.15, 0.2) is 6.10 Å². The Bertz CT molecular complexity index is 1500. The number of ether oxygens (including phenoxy) is 2. The van der Waals surface area contributed by atoms with Crippen molar-refractivity contribution in [3.63, 3.8) is 0 Å². The number of sulfonamides is 1.